The van der Waals surface area contributed by atoms with Crippen LogP contribution in [0.15, 0.2) is 42.9 Å². The molecule has 3 heterocycles. The molecule has 2 N–H and O–H groups in total. The normalized spacial score (nSPS) is 14.9. The molecule has 7 heteroatoms. The smallest absolute Gasteiger partial charge is 0.254 e. The molecule has 1 aliphatic heterocycles. The van der Waals surface area contributed by atoms with Crippen molar-refractivity contribution >= 4 is 5.91 Å². The fraction of sp³-hybridized carbons (Fsp3) is 0.389. The summed E-state index contributed by atoms with van der Waals surface area (Å²) in [6.07, 6.45) is 11.1. The molecule has 25 heavy (non-hydrogen) atoms. The van der Waals surface area contributed by atoms with Crippen LogP contribution in [0, 0.1) is 0 Å². The molecule has 0 atom stereocenters. The van der Waals surface area contributed by atoms with Gasteiger partial charge in [0, 0.05) is 31.5 Å². The second kappa shape index (κ2) is 8.98. The molecule has 0 bridgehead atoms. The maximum absolute atomic E-state index is 11.7. The van der Waals surface area contributed by atoms with Crippen molar-refractivity contribution in [2.24, 2.45) is 0 Å². The monoisotopic (exact) mass is 341 g/mol. The minimum Gasteiger partial charge on any atom is -0.473 e. The van der Waals surface area contributed by atoms with Gasteiger partial charge in [-0.2, -0.15) is 5.10 Å². The fourth-order valence-corrected chi connectivity index (χ4v) is 2.74. The van der Waals surface area contributed by atoms with Crippen molar-refractivity contribution in [3.05, 3.63) is 54.0 Å². The molecule has 1 fully saturated rings. The summed E-state index contributed by atoms with van der Waals surface area (Å²) < 4.78 is 5.65. The van der Waals surface area contributed by atoms with E-state index in [-0.39, 0.29) is 5.91 Å². The predicted molar refractivity (Wildman–Crippen MR) is 94.3 cm³/mol. The highest BCUT2D eigenvalue weighted by Gasteiger charge is 2.12. The van der Waals surface area contributed by atoms with Crippen LogP contribution in [0.25, 0.3) is 0 Å². The summed E-state index contributed by atoms with van der Waals surface area (Å²) in [5, 5.41) is 9.12. The van der Waals surface area contributed by atoms with Gasteiger partial charge in [-0.3, -0.25) is 14.8 Å². The van der Waals surface area contributed by atoms with Crippen molar-refractivity contribution in [2.45, 2.75) is 19.4 Å². The topological polar surface area (TPSA) is 83.1 Å². The summed E-state index contributed by atoms with van der Waals surface area (Å²) in [6, 6.07) is 4.03. The van der Waals surface area contributed by atoms with Crippen molar-refractivity contribution in [1.82, 2.24) is 25.4 Å². The van der Waals surface area contributed by atoms with Crippen LogP contribution >= 0.6 is 0 Å². The number of carbonyl (C=O) groups is 1. The molecule has 3 rings (SSSR count). The molecule has 1 saturated heterocycles. The van der Waals surface area contributed by atoms with Crippen LogP contribution < -0.4 is 10.1 Å². The van der Waals surface area contributed by atoms with Crippen LogP contribution in [0.2, 0.25) is 0 Å². The van der Waals surface area contributed by atoms with E-state index in [1.807, 2.05) is 24.3 Å². The van der Waals surface area contributed by atoms with E-state index in [0.717, 1.165) is 6.54 Å². The van der Waals surface area contributed by atoms with Crippen LogP contribution in [-0.4, -0.2) is 52.2 Å². The van der Waals surface area contributed by atoms with E-state index < -0.39 is 0 Å². The van der Waals surface area contributed by atoms with Gasteiger partial charge < -0.3 is 10.1 Å². The Bertz CT molecular complexity index is 693. The first kappa shape index (κ1) is 17.2. The quantitative estimate of drug-likeness (QED) is 0.715. The van der Waals surface area contributed by atoms with Crippen LogP contribution in [0.4, 0.5) is 0 Å². The molecular formula is C18H23N5O2. The number of rotatable bonds is 8. The van der Waals surface area contributed by atoms with Gasteiger partial charge in [-0.05, 0) is 43.6 Å². The number of amides is 1. The number of H-pyrrole nitrogens is 1. The van der Waals surface area contributed by atoms with Crippen molar-refractivity contribution in [3.63, 3.8) is 0 Å². The first-order valence-corrected chi connectivity index (χ1v) is 8.53. The third kappa shape index (κ3) is 5.42. The maximum Gasteiger partial charge on any atom is 0.254 e. The number of ether oxygens (including phenoxy) is 1. The number of likely N-dealkylation sites (tertiary alicyclic amines) is 1. The number of aromatic amines is 1. The van der Waals surface area contributed by atoms with Crippen LogP contribution in [0.3, 0.4) is 0 Å². The van der Waals surface area contributed by atoms with Gasteiger partial charge in [0.15, 0.2) is 0 Å². The van der Waals surface area contributed by atoms with E-state index in [4.69, 9.17) is 4.74 Å². The minimum absolute atomic E-state index is 0.157. The Morgan fingerprint density at radius 2 is 2.24 bits per heavy atom. The summed E-state index contributed by atoms with van der Waals surface area (Å²) in [7, 11) is 0. The van der Waals surface area contributed by atoms with Crippen molar-refractivity contribution in [2.75, 3.05) is 26.2 Å². The van der Waals surface area contributed by atoms with Crippen LogP contribution in [0.5, 0.6) is 5.88 Å². The summed E-state index contributed by atoms with van der Waals surface area (Å²) in [5.74, 6) is 0.472. The van der Waals surface area contributed by atoms with Gasteiger partial charge in [0.05, 0.1) is 11.8 Å². The Kier molecular flexibility index (Phi) is 6.17. The molecule has 0 unspecified atom stereocenters. The van der Waals surface area contributed by atoms with Gasteiger partial charge in [-0.1, -0.05) is 6.08 Å². The Labute approximate surface area is 147 Å². The Morgan fingerprint density at radius 1 is 1.36 bits per heavy atom. The van der Waals surface area contributed by atoms with Crippen LogP contribution in [-0.2, 0) is 6.54 Å². The summed E-state index contributed by atoms with van der Waals surface area (Å²) in [6.45, 7) is 4.16. The molecule has 0 radical (unpaired) electrons. The molecule has 0 spiro atoms. The summed E-state index contributed by atoms with van der Waals surface area (Å²) in [5.41, 5.74) is 1.74. The lowest BCUT2D eigenvalue weighted by Crippen LogP contribution is -2.22. The number of nitrogens with zero attached hydrogens (tertiary/aromatic N) is 3. The average molecular weight is 341 g/mol. The largest absolute Gasteiger partial charge is 0.473 e. The van der Waals surface area contributed by atoms with Gasteiger partial charge in [-0.15, -0.1) is 0 Å². The van der Waals surface area contributed by atoms with E-state index >= 15 is 0 Å². The average Bonchev–Trinajstić information content (AvgIpc) is 3.32. The molecule has 2 aromatic heterocycles. The zero-order valence-electron chi connectivity index (χ0n) is 14.1. The SMILES string of the molecule is O=C(NC/C=C\COc1cc(CN2CCCC2)ccn1)c1cn[nH]c1. The van der Waals surface area contributed by atoms with E-state index in [2.05, 4.69) is 25.4 Å². The van der Waals surface area contributed by atoms with Crippen molar-refractivity contribution in [3.8, 4) is 5.88 Å². The lowest BCUT2D eigenvalue weighted by Gasteiger charge is -2.14. The third-order valence-corrected chi connectivity index (χ3v) is 4.04. The van der Waals surface area contributed by atoms with Crippen LogP contribution in [0.1, 0.15) is 28.8 Å². The number of carbonyl (C=O) groups excluding carboxylic acids is 1. The van der Waals surface area contributed by atoms with E-state index in [1.54, 1.807) is 12.4 Å². The molecule has 2 aromatic rings. The zero-order chi connectivity index (χ0) is 17.3. The molecule has 1 aliphatic rings. The van der Waals surface area contributed by atoms with Gasteiger partial charge in [0.2, 0.25) is 5.88 Å². The zero-order valence-corrected chi connectivity index (χ0v) is 14.1. The number of pyridine rings is 1. The van der Waals surface area contributed by atoms with E-state index in [1.165, 1.54) is 37.7 Å². The molecule has 0 aromatic carbocycles. The Morgan fingerprint density at radius 3 is 3.04 bits per heavy atom. The number of hydrogen-bond donors (Lipinski definition) is 2. The van der Waals surface area contributed by atoms with Gasteiger partial charge in [0.25, 0.3) is 5.91 Å². The van der Waals surface area contributed by atoms with Crippen molar-refractivity contribution < 1.29 is 9.53 Å². The minimum atomic E-state index is -0.157. The van der Waals surface area contributed by atoms with Gasteiger partial charge >= 0.3 is 0 Å². The maximum atomic E-state index is 11.7. The standard InChI is InChI=1S/C18H23N5O2/c24-18(16-12-21-22-13-16)20-6-1-4-10-25-17-11-15(5-7-19-17)14-23-8-2-3-9-23/h1,4-5,7,11-13H,2-3,6,8-10,14H2,(H,20,24)(H,21,22)/b4-1-. The molecule has 0 saturated carbocycles. The van der Waals surface area contributed by atoms with Gasteiger partial charge in [-0.25, -0.2) is 4.98 Å². The predicted octanol–water partition coefficient (Wildman–Crippen LogP) is 1.77. The summed E-state index contributed by atoms with van der Waals surface area (Å²) in [4.78, 5) is 18.4. The Hall–Kier alpha value is -2.67. The summed E-state index contributed by atoms with van der Waals surface area (Å²) >= 11 is 0. The Balaban J connectivity index is 1.37. The van der Waals surface area contributed by atoms with Crippen molar-refractivity contribution in [1.29, 1.82) is 0 Å². The number of hydrogen-bond acceptors (Lipinski definition) is 5. The molecule has 132 valence electrons. The highest BCUT2D eigenvalue weighted by molar-refractivity contribution is 5.93. The first-order chi connectivity index (χ1) is 12.3. The second-order valence-corrected chi connectivity index (χ2v) is 5.96. The highest BCUT2D eigenvalue weighted by Crippen LogP contribution is 2.15. The first-order valence-electron chi connectivity index (χ1n) is 8.53. The third-order valence-electron chi connectivity index (χ3n) is 4.04. The molecule has 7 nitrogen and oxygen atoms in total. The molecule has 1 amide bonds. The molecular weight excluding hydrogens is 318 g/mol. The second-order valence-electron chi connectivity index (χ2n) is 5.96. The number of aromatic nitrogens is 3. The lowest BCUT2D eigenvalue weighted by atomic mass is 10.2. The molecule has 0 aliphatic carbocycles. The lowest BCUT2D eigenvalue weighted by molar-refractivity contribution is 0.0958. The van der Waals surface area contributed by atoms with E-state index in [0.29, 0.717) is 24.6 Å². The fourth-order valence-electron chi connectivity index (χ4n) is 2.74. The highest BCUT2D eigenvalue weighted by atomic mass is 16.5. The van der Waals surface area contributed by atoms with E-state index in [9.17, 15) is 4.79 Å². The number of nitrogens with one attached hydrogen (secondary N) is 2. The van der Waals surface area contributed by atoms with Gasteiger partial charge in [0.1, 0.15) is 6.61 Å².